The molecule has 0 bridgehead atoms. The lowest BCUT2D eigenvalue weighted by atomic mass is 10.0. The zero-order valence-corrected chi connectivity index (χ0v) is 17.8. The SMILES string of the molecule is CCNC(=NCc1ccc(CN(C)C)cc1)NCCCN1CCCCC1C. The van der Waals surface area contributed by atoms with Crippen LogP contribution in [0, 0.1) is 0 Å². The third kappa shape index (κ3) is 8.31. The molecule has 0 spiro atoms. The fraction of sp³-hybridized carbons (Fsp3) is 0.682. The van der Waals surface area contributed by atoms with E-state index in [9.17, 15) is 0 Å². The smallest absolute Gasteiger partial charge is 0.191 e. The lowest BCUT2D eigenvalue weighted by Gasteiger charge is -2.33. The van der Waals surface area contributed by atoms with Crippen molar-refractivity contribution in [1.82, 2.24) is 20.4 Å². The van der Waals surface area contributed by atoms with Gasteiger partial charge in [0.15, 0.2) is 5.96 Å². The Morgan fingerprint density at radius 1 is 1.15 bits per heavy atom. The molecule has 1 unspecified atom stereocenters. The number of rotatable bonds is 9. The van der Waals surface area contributed by atoms with E-state index in [1.165, 1.54) is 43.5 Å². The molecule has 1 aromatic rings. The Balaban J connectivity index is 1.76. The summed E-state index contributed by atoms with van der Waals surface area (Å²) in [4.78, 5) is 9.56. The molecule has 0 aliphatic carbocycles. The predicted octanol–water partition coefficient (Wildman–Crippen LogP) is 3.07. The number of hydrogen-bond donors (Lipinski definition) is 2. The molecule has 1 atom stereocenters. The Labute approximate surface area is 166 Å². The highest BCUT2D eigenvalue weighted by Crippen LogP contribution is 2.16. The van der Waals surface area contributed by atoms with Crippen molar-refractivity contribution in [3.63, 3.8) is 0 Å². The number of nitrogens with one attached hydrogen (secondary N) is 2. The largest absolute Gasteiger partial charge is 0.357 e. The van der Waals surface area contributed by atoms with Gasteiger partial charge in [-0.2, -0.15) is 0 Å². The molecule has 5 heteroatoms. The Morgan fingerprint density at radius 3 is 2.56 bits per heavy atom. The fourth-order valence-electron chi connectivity index (χ4n) is 3.61. The summed E-state index contributed by atoms with van der Waals surface area (Å²) in [6.07, 6.45) is 5.26. The molecule has 2 N–H and O–H groups in total. The van der Waals surface area contributed by atoms with Crippen LogP contribution < -0.4 is 10.6 Å². The van der Waals surface area contributed by atoms with E-state index in [0.717, 1.165) is 38.1 Å². The summed E-state index contributed by atoms with van der Waals surface area (Å²) in [5.41, 5.74) is 2.58. The van der Waals surface area contributed by atoms with Crippen molar-refractivity contribution >= 4 is 5.96 Å². The van der Waals surface area contributed by atoms with Crippen LogP contribution in [-0.2, 0) is 13.1 Å². The molecule has 0 amide bonds. The van der Waals surface area contributed by atoms with E-state index in [1.54, 1.807) is 0 Å². The van der Waals surface area contributed by atoms with Crippen molar-refractivity contribution in [3.8, 4) is 0 Å². The maximum Gasteiger partial charge on any atom is 0.191 e. The minimum atomic E-state index is 0.709. The van der Waals surface area contributed by atoms with Gasteiger partial charge in [0.1, 0.15) is 0 Å². The van der Waals surface area contributed by atoms with Gasteiger partial charge >= 0.3 is 0 Å². The molecule has 1 heterocycles. The maximum absolute atomic E-state index is 4.74. The van der Waals surface area contributed by atoms with E-state index in [-0.39, 0.29) is 0 Å². The predicted molar refractivity (Wildman–Crippen MR) is 116 cm³/mol. The van der Waals surface area contributed by atoms with Crippen molar-refractivity contribution in [3.05, 3.63) is 35.4 Å². The highest BCUT2D eigenvalue weighted by molar-refractivity contribution is 5.79. The fourth-order valence-corrected chi connectivity index (χ4v) is 3.61. The van der Waals surface area contributed by atoms with Crippen LogP contribution in [-0.4, -0.2) is 62.1 Å². The first-order valence-electron chi connectivity index (χ1n) is 10.6. The second kappa shape index (κ2) is 12.0. The molecule has 0 aromatic heterocycles. The van der Waals surface area contributed by atoms with E-state index in [1.807, 2.05) is 0 Å². The number of aliphatic imine (C=N–C) groups is 1. The summed E-state index contributed by atoms with van der Waals surface area (Å²) in [6, 6.07) is 9.51. The zero-order valence-electron chi connectivity index (χ0n) is 17.8. The van der Waals surface area contributed by atoms with Crippen LogP contribution in [0.25, 0.3) is 0 Å². The number of nitrogens with zero attached hydrogens (tertiary/aromatic N) is 3. The van der Waals surface area contributed by atoms with Crippen LogP contribution in [0.15, 0.2) is 29.3 Å². The van der Waals surface area contributed by atoms with Gasteiger partial charge in [-0.25, -0.2) is 4.99 Å². The van der Waals surface area contributed by atoms with Crippen LogP contribution in [0.1, 0.15) is 50.7 Å². The first-order valence-corrected chi connectivity index (χ1v) is 10.6. The second-order valence-electron chi connectivity index (χ2n) is 7.91. The molecule has 1 aliphatic heterocycles. The van der Waals surface area contributed by atoms with Gasteiger partial charge in [-0.05, 0) is 64.9 Å². The zero-order chi connectivity index (χ0) is 19.5. The summed E-state index contributed by atoms with van der Waals surface area (Å²) in [6.45, 7) is 10.5. The molecule has 0 saturated carbocycles. The highest BCUT2D eigenvalue weighted by Gasteiger charge is 2.17. The number of guanidine groups is 1. The van der Waals surface area contributed by atoms with Gasteiger partial charge in [-0.15, -0.1) is 0 Å². The number of benzene rings is 1. The molecule has 5 nitrogen and oxygen atoms in total. The van der Waals surface area contributed by atoms with Crippen LogP contribution in [0.5, 0.6) is 0 Å². The third-order valence-electron chi connectivity index (χ3n) is 5.14. The number of likely N-dealkylation sites (tertiary alicyclic amines) is 1. The van der Waals surface area contributed by atoms with Crippen LogP contribution >= 0.6 is 0 Å². The van der Waals surface area contributed by atoms with Crippen molar-refractivity contribution < 1.29 is 0 Å². The molecule has 1 aromatic carbocycles. The lowest BCUT2D eigenvalue weighted by molar-refractivity contribution is 0.159. The van der Waals surface area contributed by atoms with E-state index in [2.05, 4.69) is 72.6 Å². The number of piperidine rings is 1. The summed E-state index contributed by atoms with van der Waals surface area (Å²) in [5, 5.41) is 6.84. The first kappa shape index (κ1) is 21.7. The first-order chi connectivity index (χ1) is 13.1. The number of hydrogen-bond acceptors (Lipinski definition) is 3. The lowest BCUT2D eigenvalue weighted by Crippen LogP contribution is -2.41. The normalized spacial score (nSPS) is 18.7. The van der Waals surface area contributed by atoms with Crippen LogP contribution in [0.4, 0.5) is 0 Å². The highest BCUT2D eigenvalue weighted by atomic mass is 15.2. The topological polar surface area (TPSA) is 42.9 Å². The van der Waals surface area contributed by atoms with Gasteiger partial charge in [-0.1, -0.05) is 30.7 Å². The minimum absolute atomic E-state index is 0.709. The Hall–Kier alpha value is -1.59. The molecule has 27 heavy (non-hydrogen) atoms. The van der Waals surface area contributed by atoms with E-state index in [0.29, 0.717) is 6.54 Å². The van der Waals surface area contributed by atoms with E-state index in [4.69, 9.17) is 4.99 Å². The average molecular weight is 374 g/mol. The molecule has 1 saturated heterocycles. The summed E-state index contributed by atoms with van der Waals surface area (Å²) in [5.74, 6) is 0.918. The van der Waals surface area contributed by atoms with Crippen molar-refractivity contribution in [2.45, 2.75) is 58.7 Å². The van der Waals surface area contributed by atoms with Gasteiger partial charge < -0.3 is 20.4 Å². The second-order valence-corrected chi connectivity index (χ2v) is 7.91. The molecule has 2 rings (SSSR count). The maximum atomic E-state index is 4.74. The van der Waals surface area contributed by atoms with Gasteiger partial charge in [-0.3, -0.25) is 0 Å². The monoisotopic (exact) mass is 373 g/mol. The molecular weight excluding hydrogens is 334 g/mol. The summed E-state index contributed by atoms with van der Waals surface area (Å²) < 4.78 is 0. The van der Waals surface area contributed by atoms with E-state index >= 15 is 0 Å². The molecule has 152 valence electrons. The minimum Gasteiger partial charge on any atom is -0.357 e. The standard InChI is InChI=1S/C22H39N5/c1-5-23-22(24-14-8-16-27-15-7-6-9-19(27)2)25-17-20-10-12-21(13-11-20)18-26(3)4/h10-13,19H,5-9,14-18H2,1-4H3,(H2,23,24,25). The Kier molecular flexibility index (Phi) is 9.64. The average Bonchev–Trinajstić information content (AvgIpc) is 2.65. The summed E-state index contributed by atoms with van der Waals surface area (Å²) >= 11 is 0. The van der Waals surface area contributed by atoms with Crippen molar-refractivity contribution in [1.29, 1.82) is 0 Å². The van der Waals surface area contributed by atoms with Gasteiger partial charge in [0.2, 0.25) is 0 Å². The molecular formula is C22H39N5. The molecule has 1 aliphatic rings. The summed E-state index contributed by atoms with van der Waals surface area (Å²) in [7, 11) is 4.19. The Bertz CT molecular complexity index is 552. The van der Waals surface area contributed by atoms with Gasteiger partial charge in [0.25, 0.3) is 0 Å². The Morgan fingerprint density at radius 2 is 1.89 bits per heavy atom. The van der Waals surface area contributed by atoms with E-state index < -0.39 is 0 Å². The van der Waals surface area contributed by atoms with Crippen LogP contribution in [0.2, 0.25) is 0 Å². The van der Waals surface area contributed by atoms with Gasteiger partial charge in [0.05, 0.1) is 6.54 Å². The van der Waals surface area contributed by atoms with Crippen molar-refractivity contribution in [2.24, 2.45) is 4.99 Å². The molecule has 0 radical (unpaired) electrons. The third-order valence-corrected chi connectivity index (χ3v) is 5.14. The van der Waals surface area contributed by atoms with Crippen molar-refractivity contribution in [2.75, 3.05) is 40.3 Å². The van der Waals surface area contributed by atoms with Gasteiger partial charge in [0, 0.05) is 32.2 Å². The quantitative estimate of drug-likeness (QED) is 0.397. The van der Waals surface area contributed by atoms with Crippen LogP contribution in [0.3, 0.4) is 0 Å². The molecule has 1 fully saturated rings.